The van der Waals surface area contributed by atoms with Gasteiger partial charge in [0.2, 0.25) is 0 Å². The Morgan fingerprint density at radius 1 is 1.31 bits per heavy atom. The van der Waals surface area contributed by atoms with Gasteiger partial charge in [0, 0.05) is 48.5 Å². The molecule has 32 heavy (non-hydrogen) atoms. The molecule has 8 heteroatoms. The van der Waals surface area contributed by atoms with Crippen molar-refractivity contribution in [2.24, 2.45) is 0 Å². The molecule has 7 nitrogen and oxygen atoms in total. The van der Waals surface area contributed by atoms with Gasteiger partial charge in [-0.2, -0.15) is 5.10 Å². The van der Waals surface area contributed by atoms with E-state index in [-0.39, 0.29) is 23.8 Å². The number of aryl methyl sites for hydroxylation is 1. The topological polar surface area (TPSA) is 84.5 Å². The molecule has 172 valence electrons. The minimum Gasteiger partial charge on any atom is -0.459 e. The molecular weight excluding hydrogens is 413 g/mol. The predicted octanol–water partition coefficient (Wildman–Crippen LogP) is 3.77. The number of methoxy groups -OCH3 is 1. The number of H-pyrrole nitrogens is 1. The van der Waals surface area contributed by atoms with Gasteiger partial charge < -0.3 is 14.4 Å². The molecule has 0 saturated heterocycles. The highest BCUT2D eigenvalue weighted by molar-refractivity contribution is 6.17. The molecule has 1 aromatic heterocycles. The van der Waals surface area contributed by atoms with Gasteiger partial charge in [-0.25, -0.2) is 9.18 Å². The van der Waals surface area contributed by atoms with Gasteiger partial charge in [-0.15, -0.1) is 0 Å². The van der Waals surface area contributed by atoms with Crippen LogP contribution in [-0.2, 0) is 26.1 Å². The van der Waals surface area contributed by atoms with E-state index in [1.165, 1.54) is 17.2 Å². The van der Waals surface area contributed by atoms with Gasteiger partial charge in [0.05, 0.1) is 12.7 Å². The number of benzene rings is 1. The number of ether oxygens (including phenoxy) is 2. The quantitative estimate of drug-likeness (QED) is 0.687. The van der Waals surface area contributed by atoms with Gasteiger partial charge in [0.25, 0.3) is 5.91 Å². The van der Waals surface area contributed by atoms with Gasteiger partial charge in [0.15, 0.2) is 0 Å². The van der Waals surface area contributed by atoms with E-state index in [0.717, 1.165) is 11.3 Å². The molecule has 3 rings (SSSR count). The molecule has 1 aromatic carbocycles. The molecule has 0 bridgehead atoms. The van der Waals surface area contributed by atoms with Crippen LogP contribution < -0.4 is 0 Å². The summed E-state index contributed by atoms with van der Waals surface area (Å²) >= 11 is 0. The van der Waals surface area contributed by atoms with E-state index in [9.17, 15) is 14.0 Å². The Bertz CT molecular complexity index is 1060. The number of nitrogens with one attached hydrogen (secondary N) is 1. The van der Waals surface area contributed by atoms with E-state index in [1.807, 2.05) is 13.8 Å². The minimum absolute atomic E-state index is 0.181. The van der Waals surface area contributed by atoms with Crippen LogP contribution in [0.3, 0.4) is 0 Å². The van der Waals surface area contributed by atoms with Crippen LogP contribution in [0, 0.1) is 12.7 Å². The highest BCUT2D eigenvalue weighted by Crippen LogP contribution is 2.37. The number of fused-ring (bicyclic) bond motifs is 1. The number of carbonyl (C=O) groups is 2. The molecule has 1 N–H and O–H groups in total. The number of aromatic amines is 1. The van der Waals surface area contributed by atoms with Crippen LogP contribution in [0.25, 0.3) is 5.57 Å². The van der Waals surface area contributed by atoms with Gasteiger partial charge in [-0.1, -0.05) is 19.9 Å². The van der Waals surface area contributed by atoms with Crippen LogP contribution in [-0.4, -0.2) is 53.3 Å². The normalized spacial score (nSPS) is 15.2. The Morgan fingerprint density at radius 2 is 2.03 bits per heavy atom. The second-order valence-electron chi connectivity index (χ2n) is 8.95. The Labute approximate surface area is 187 Å². The van der Waals surface area contributed by atoms with Crippen LogP contribution in [0.1, 0.15) is 60.6 Å². The molecule has 0 spiro atoms. The fourth-order valence-electron chi connectivity index (χ4n) is 3.90. The maximum absolute atomic E-state index is 14.1. The fourth-order valence-corrected chi connectivity index (χ4v) is 3.90. The molecule has 2 heterocycles. The lowest BCUT2D eigenvalue weighted by atomic mass is 9.81. The number of carbonyl (C=O) groups excluding carboxylic acids is 2. The zero-order valence-electron chi connectivity index (χ0n) is 19.4. The van der Waals surface area contributed by atoms with Crippen LogP contribution in [0.15, 0.2) is 24.4 Å². The lowest BCUT2D eigenvalue weighted by Gasteiger charge is -2.30. The molecule has 0 saturated carbocycles. The molecule has 0 radical (unpaired) electrons. The van der Waals surface area contributed by atoms with Crippen LogP contribution >= 0.6 is 0 Å². The van der Waals surface area contributed by atoms with Gasteiger partial charge in [-0.05, 0) is 38.5 Å². The van der Waals surface area contributed by atoms with Crippen LogP contribution in [0.4, 0.5) is 4.39 Å². The lowest BCUT2D eigenvalue weighted by Crippen LogP contribution is -2.37. The summed E-state index contributed by atoms with van der Waals surface area (Å²) in [6.45, 7) is 9.87. The second-order valence-corrected chi connectivity index (χ2v) is 8.95. The summed E-state index contributed by atoms with van der Waals surface area (Å²) in [4.78, 5) is 27.8. The van der Waals surface area contributed by atoms with Crippen LogP contribution in [0.5, 0.6) is 0 Å². The third kappa shape index (κ3) is 4.75. The highest BCUT2D eigenvalue weighted by atomic mass is 19.1. The molecule has 0 atom stereocenters. The molecule has 2 aromatic rings. The Hall–Kier alpha value is -3.00. The summed E-state index contributed by atoms with van der Waals surface area (Å²) in [5.74, 6) is -1.43. The monoisotopic (exact) mass is 443 g/mol. The van der Waals surface area contributed by atoms with E-state index >= 15 is 0 Å². The molecule has 0 unspecified atom stereocenters. The number of amides is 1. The molecule has 1 amide bonds. The van der Waals surface area contributed by atoms with Crippen molar-refractivity contribution in [3.63, 3.8) is 0 Å². The number of rotatable bonds is 6. The number of hydrogen-bond donors (Lipinski definition) is 1. The Balaban J connectivity index is 2.11. The first kappa shape index (κ1) is 23.7. The number of hydrogen-bond acceptors (Lipinski definition) is 5. The molecule has 1 aliphatic rings. The van der Waals surface area contributed by atoms with Gasteiger partial charge >= 0.3 is 5.97 Å². The average Bonchev–Trinajstić information content (AvgIpc) is 3.10. The van der Waals surface area contributed by atoms with Crippen molar-refractivity contribution in [3.05, 3.63) is 58.3 Å². The number of aromatic nitrogens is 2. The first-order valence-corrected chi connectivity index (χ1v) is 10.6. The van der Waals surface area contributed by atoms with Crippen molar-refractivity contribution in [3.8, 4) is 0 Å². The van der Waals surface area contributed by atoms with Crippen molar-refractivity contribution in [1.29, 1.82) is 0 Å². The van der Waals surface area contributed by atoms with Gasteiger partial charge in [-0.3, -0.25) is 9.89 Å². The molecule has 0 fully saturated rings. The van der Waals surface area contributed by atoms with E-state index in [1.54, 1.807) is 40.0 Å². The SMILES string of the molecule is COCCc1[nH]nc2c1C(C)(C)CN(C(=O)c1ccc(C)c(F)c1)C=C2C(=O)OC(C)C. The summed E-state index contributed by atoms with van der Waals surface area (Å²) in [6, 6.07) is 4.37. The van der Waals surface area contributed by atoms with E-state index in [0.29, 0.717) is 24.3 Å². The number of halogens is 1. The minimum atomic E-state index is -0.573. The summed E-state index contributed by atoms with van der Waals surface area (Å²) in [6.07, 6.45) is 1.70. The van der Waals surface area contributed by atoms with Crippen LogP contribution in [0.2, 0.25) is 0 Å². The third-order valence-electron chi connectivity index (χ3n) is 5.42. The highest BCUT2D eigenvalue weighted by Gasteiger charge is 2.38. The van der Waals surface area contributed by atoms with Crippen molar-refractivity contribution < 1.29 is 23.5 Å². The maximum atomic E-state index is 14.1. The maximum Gasteiger partial charge on any atom is 0.342 e. The number of esters is 1. The summed E-state index contributed by atoms with van der Waals surface area (Å²) in [5, 5.41) is 7.45. The summed E-state index contributed by atoms with van der Waals surface area (Å²) in [7, 11) is 1.62. The van der Waals surface area contributed by atoms with Crippen molar-refractivity contribution in [2.45, 2.75) is 52.6 Å². The zero-order valence-corrected chi connectivity index (χ0v) is 19.4. The van der Waals surface area contributed by atoms with Crippen molar-refractivity contribution in [2.75, 3.05) is 20.3 Å². The third-order valence-corrected chi connectivity index (χ3v) is 5.42. The van der Waals surface area contributed by atoms with E-state index in [4.69, 9.17) is 9.47 Å². The summed E-state index contributed by atoms with van der Waals surface area (Å²) < 4.78 is 24.8. The standard InChI is InChI=1S/C24H30FN3O4/c1-14(2)32-23(30)17-12-28(22(29)16-8-7-15(3)18(25)11-16)13-24(4,5)20-19(9-10-31-6)26-27-21(17)20/h7-8,11-12,14H,9-10,13H2,1-6H3,(H,26,27). The predicted molar refractivity (Wildman–Crippen MR) is 119 cm³/mol. The van der Waals surface area contributed by atoms with Crippen molar-refractivity contribution in [1.82, 2.24) is 15.1 Å². The second kappa shape index (κ2) is 9.24. The Morgan fingerprint density at radius 3 is 2.66 bits per heavy atom. The zero-order chi connectivity index (χ0) is 23.6. The van der Waals surface area contributed by atoms with Gasteiger partial charge in [0.1, 0.15) is 17.1 Å². The fraction of sp³-hybridized carbons (Fsp3) is 0.458. The molecule has 1 aliphatic heterocycles. The van der Waals surface area contributed by atoms with E-state index < -0.39 is 23.1 Å². The largest absolute Gasteiger partial charge is 0.459 e. The van der Waals surface area contributed by atoms with E-state index in [2.05, 4.69) is 10.2 Å². The van der Waals surface area contributed by atoms with Crippen molar-refractivity contribution >= 4 is 17.4 Å². The molecule has 0 aliphatic carbocycles. The smallest absolute Gasteiger partial charge is 0.342 e. The average molecular weight is 444 g/mol. The Kier molecular flexibility index (Phi) is 6.83. The number of nitrogens with zero attached hydrogens (tertiary/aromatic N) is 2. The first-order chi connectivity index (χ1) is 15.0. The lowest BCUT2D eigenvalue weighted by molar-refractivity contribution is -0.140. The first-order valence-electron chi connectivity index (χ1n) is 10.6. The summed E-state index contributed by atoms with van der Waals surface area (Å²) in [5.41, 5.74) is 2.42. The molecular formula is C24H30FN3O4.